The number of rotatable bonds is 7. The molecule has 0 amide bonds. The first-order chi connectivity index (χ1) is 15.0. The fourth-order valence-corrected chi connectivity index (χ4v) is 3.59. The monoisotopic (exact) mass is 422 g/mol. The number of benzene rings is 3. The first-order valence-electron chi connectivity index (χ1n) is 9.84. The lowest BCUT2D eigenvalue weighted by Gasteiger charge is -2.13. The summed E-state index contributed by atoms with van der Waals surface area (Å²) in [7, 11) is 0. The van der Waals surface area contributed by atoms with Gasteiger partial charge in [0, 0.05) is 12.0 Å². The van der Waals surface area contributed by atoms with E-state index in [1.165, 1.54) is 24.3 Å². The van der Waals surface area contributed by atoms with E-state index in [9.17, 15) is 18.7 Å². The molecular weight excluding hydrogens is 402 g/mol. The molecule has 1 N–H and O–H groups in total. The van der Waals surface area contributed by atoms with Crippen molar-refractivity contribution in [3.8, 4) is 5.75 Å². The summed E-state index contributed by atoms with van der Waals surface area (Å²) >= 11 is 0. The van der Waals surface area contributed by atoms with Crippen LogP contribution in [0, 0.1) is 11.6 Å². The average Bonchev–Trinajstić information content (AvgIpc) is 3.08. The first kappa shape index (κ1) is 20.5. The number of para-hydroxylation sites is 2. The molecule has 0 atom stereocenters. The van der Waals surface area contributed by atoms with Gasteiger partial charge in [-0.05, 0) is 48.9 Å². The quantitative estimate of drug-likeness (QED) is 0.453. The molecule has 158 valence electrons. The number of aromatic carboxylic acids is 1. The number of aromatic nitrogens is 2. The van der Waals surface area contributed by atoms with Crippen molar-refractivity contribution in [2.75, 3.05) is 6.61 Å². The summed E-state index contributed by atoms with van der Waals surface area (Å²) in [6.45, 7) is 2.09. The molecule has 31 heavy (non-hydrogen) atoms. The summed E-state index contributed by atoms with van der Waals surface area (Å²) in [4.78, 5) is 16.1. The van der Waals surface area contributed by atoms with Gasteiger partial charge in [-0.2, -0.15) is 0 Å². The van der Waals surface area contributed by atoms with Crippen LogP contribution in [0.15, 0.2) is 60.7 Å². The van der Waals surface area contributed by atoms with Gasteiger partial charge in [-0.25, -0.2) is 18.6 Å². The van der Waals surface area contributed by atoms with Gasteiger partial charge in [0.25, 0.3) is 0 Å². The van der Waals surface area contributed by atoms with E-state index in [2.05, 4.69) is 4.98 Å². The molecule has 1 aromatic heterocycles. The van der Waals surface area contributed by atoms with Crippen molar-refractivity contribution in [1.29, 1.82) is 0 Å². The van der Waals surface area contributed by atoms with E-state index in [1.807, 2.05) is 24.3 Å². The molecule has 3 aromatic carbocycles. The van der Waals surface area contributed by atoms with Crippen LogP contribution in [0.25, 0.3) is 11.0 Å². The van der Waals surface area contributed by atoms with Gasteiger partial charge in [-0.1, -0.05) is 24.3 Å². The molecule has 0 spiro atoms. The highest BCUT2D eigenvalue weighted by molar-refractivity contribution is 5.91. The van der Waals surface area contributed by atoms with E-state index in [4.69, 9.17) is 4.74 Å². The van der Waals surface area contributed by atoms with Crippen LogP contribution in [-0.4, -0.2) is 27.2 Å². The zero-order valence-electron chi connectivity index (χ0n) is 16.8. The van der Waals surface area contributed by atoms with Crippen LogP contribution in [0.5, 0.6) is 5.75 Å². The predicted molar refractivity (Wildman–Crippen MR) is 113 cm³/mol. The third kappa shape index (κ3) is 4.12. The normalized spacial score (nSPS) is 11.1. The van der Waals surface area contributed by atoms with Crippen LogP contribution in [0.1, 0.15) is 34.2 Å². The molecule has 5 nitrogen and oxygen atoms in total. The molecule has 4 rings (SSSR count). The Labute approximate surface area is 177 Å². The fourth-order valence-electron chi connectivity index (χ4n) is 3.59. The molecule has 0 fully saturated rings. The van der Waals surface area contributed by atoms with Gasteiger partial charge in [0.1, 0.15) is 28.8 Å². The molecule has 0 aliphatic rings. The molecule has 0 unspecified atom stereocenters. The molecule has 0 aliphatic carbocycles. The van der Waals surface area contributed by atoms with Crippen molar-refractivity contribution in [2.45, 2.75) is 19.9 Å². The Morgan fingerprint density at radius 2 is 1.81 bits per heavy atom. The average molecular weight is 422 g/mol. The van der Waals surface area contributed by atoms with Gasteiger partial charge >= 0.3 is 5.97 Å². The minimum Gasteiger partial charge on any atom is -0.493 e. The lowest BCUT2D eigenvalue weighted by atomic mass is 10.1. The zero-order valence-corrected chi connectivity index (χ0v) is 16.8. The van der Waals surface area contributed by atoms with Crippen molar-refractivity contribution in [2.24, 2.45) is 0 Å². The maximum absolute atomic E-state index is 14.3. The van der Waals surface area contributed by atoms with Crippen molar-refractivity contribution < 1.29 is 23.4 Å². The number of carboxylic acid groups (broad SMARTS) is 1. The Kier molecular flexibility index (Phi) is 5.66. The Morgan fingerprint density at radius 1 is 1.06 bits per heavy atom. The van der Waals surface area contributed by atoms with E-state index in [-0.39, 0.29) is 23.4 Å². The van der Waals surface area contributed by atoms with Crippen LogP contribution in [0.2, 0.25) is 0 Å². The highest BCUT2D eigenvalue weighted by atomic mass is 19.1. The van der Waals surface area contributed by atoms with Crippen molar-refractivity contribution >= 4 is 17.0 Å². The van der Waals surface area contributed by atoms with Crippen molar-refractivity contribution in [1.82, 2.24) is 9.55 Å². The SMILES string of the molecule is CCOc1cc(Cc2nc3ccccc3n2Cc2c(F)cccc2F)ccc1C(=O)O. The summed E-state index contributed by atoms with van der Waals surface area (Å²) in [6.07, 6.45) is 0.338. The van der Waals surface area contributed by atoms with Gasteiger partial charge in [-0.3, -0.25) is 0 Å². The number of fused-ring (bicyclic) bond motifs is 1. The van der Waals surface area contributed by atoms with Crippen LogP contribution in [0.3, 0.4) is 0 Å². The lowest BCUT2D eigenvalue weighted by Crippen LogP contribution is -2.09. The number of ether oxygens (including phenoxy) is 1. The van der Waals surface area contributed by atoms with Crippen LogP contribution >= 0.6 is 0 Å². The Bertz CT molecular complexity index is 1250. The number of halogens is 2. The number of carbonyl (C=O) groups is 1. The third-order valence-corrected chi connectivity index (χ3v) is 5.05. The Balaban J connectivity index is 1.77. The predicted octanol–water partition coefficient (Wildman–Crippen LogP) is 5.05. The summed E-state index contributed by atoms with van der Waals surface area (Å²) in [5.41, 5.74) is 2.28. The van der Waals surface area contributed by atoms with Gasteiger partial charge in [-0.15, -0.1) is 0 Å². The second kappa shape index (κ2) is 8.55. The summed E-state index contributed by atoms with van der Waals surface area (Å²) in [5, 5.41) is 9.36. The molecule has 1 heterocycles. The topological polar surface area (TPSA) is 64.4 Å². The number of hydrogen-bond donors (Lipinski definition) is 1. The molecular formula is C24H20F2N2O3. The molecule has 0 saturated carbocycles. The number of hydrogen-bond acceptors (Lipinski definition) is 3. The standard InChI is InChI=1S/C24H20F2N2O3/c1-2-31-22-12-15(10-11-16(22)24(29)30)13-23-27-20-8-3-4-9-21(20)28(23)14-17-18(25)6-5-7-19(17)26/h3-12H,2,13-14H2,1H3,(H,29,30). The van der Waals surface area contributed by atoms with Gasteiger partial charge in [0.05, 0.1) is 24.2 Å². The van der Waals surface area contributed by atoms with Gasteiger partial charge in [0.15, 0.2) is 0 Å². The number of carboxylic acids is 1. The summed E-state index contributed by atoms with van der Waals surface area (Å²) in [6, 6.07) is 16.0. The van der Waals surface area contributed by atoms with E-state index in [0.717, 1.165) is 11.1 Å². The number of nitrogens with zero attached hydrogens (tertiary/aromatic N) is 2. The van der Waals surface area contributed by atoms with E-state index in [0.29, 0.717) is 24.4 Å². The van der Waals surface area contributed by atoms with Crippen LogP contribution in [0.4, 0.5) is 8.78 Å². The summed E-state index contributed by atoms with van der Waals surface area (Å²) in [5.74, 6) is -1.43. The lowest BCUT2D eigenvalue weighted by molar-refractivity contribution is 0.0692. The third-order valence-electron chi connectivity index (χ3n) is 5.05. The maximum Gasteiger partial charge on any atom is 0.339 e. The molecule has 0 saturated heterocycles. The maximum atomic E-state index is 14.3. The molecule has 0 radical (unpaired) electrons. The minimum atomic E-state index is -1.07. The molecule has 4 aromatic rings. The van der Waals surface area contributed by atoms with Crippen LogP contribution in [-0.2, 0) is 13.0 Å². The highest BCUT2D eigenvalue weighted by Crippen LogP contribution is 2.25. The minimum absolute atomic E-state index is 0.0140. The Morgan fingerprint density at radius 3 is 2.52 bits per heavy atom. The van der Waals surface area contributed by atoms with E-state index in [1.54, 1.807) is 23.6 Å². The van der Waals surface area contributed by atoms with Crippen molar-refractivity contribution in [3.05, 3.63) is 94.8 Å². The summed E-state index contributed by atoms with van der Waals surface area (Å²) < 4.78 is 35.9. The van der Waals surface area contributed by atoms with Gasteiger partial charge < -0.3 is 14.4 Å². The zero-order chi connectivity index (χ0) is 22.0. The van der Waals surface area contributed by atoms with Gasteiger partial charge in [0.2, 0.25) is 0 Å². The second-order valence-corrected chi connectivity index (χ2v) is 7.05. The molecule has 0 bridgehead atoms. The Hall–Kier alpha value is -3.74. The largest absolute Gasteiger partial charge is 0.493 e. The molecule has 0 aliphatic heterocycles. The highest BCUT2D eigenvalue weighted by Gasteiger charge is 2.17. The van der Waals surface area contributed by atoms with Crippen molar-refractivity contribution in [3.63, 3.8) is 0 Å². The van der Waals surface area contributed by atoms with E-state index >= 15 is 0 Å². The van der Waals surface area contributed by atoms with Crippen LogP contribution < -0.4 is 4.74 Å². The molecule has 7 heteroatoms. The number of imidazole rings is 1. The fraction of sp³-hybridized carbons (Fsp3) is 0.167. The first-order valence-corrected chi connectivity index (χ1v) is 9.84. The second-order valence-electron chi connectivity index (χ2n) is 7.05. The smallest absolute Gasteiger partial charge is 0.339 e. The van der Waals surface area contributed by atoms with E-state index < -0.39 is 17.6 Å².